The lowest BCUT2D eigenvalue weighted by Gasteiger charge is -2.32. The molecule has 3 N–H and O–H groups in total. The van der Waals surface area contributed by atoms with Crippen molar-refractivity contribution in [1.29, 1.82) is 0 Å². The number of hydrogen-bond donors (Lipinski definition) is 3. The lowest BCUT2D eigenvalue weighted by atomic mass is 10.1. The molecule has 1 heterocycles. The highest BCUT2D eigenvalue weighted by molar-refractivity contribution is 6.11. The van der Waals surface area contributed by atoms with Crippen molar-refractivity contribution in [3.8, 4) is 0 Å². The van der Waals surface area contributed by atoms with Crippen LogP contribution >= 0.6 is 0 Å². The maximum Gasteiger partial charge on any atom is 0.252 e. The van der Waals surface area contributed by atoms with Crippen molar-refractivity contribution in [3.05, 3.63) is 54.6 Å². The van der Waals surface area contributed by atoms with Crippen molar-refractivity contribution < 1.29 is 19.2 Å². The molecule has 1 unspecified atom stereocenters. The van der Waals surface area contributed by atoms with Gasteiger partial charge in [0.25, 0.3) is 5.91 Å². The molecule has 1 aliphatic rings. The molecule has 4 amide bonds. The van der Waals surface area contributed by atoms with E-state index >= 15 is 0 Å². The van der Waals surface area contributed by atoms with E-state index in [1.165, 1.54) is 16.7 Å². The second-order valence-electron chi connectivity index (χ2n) is 7.95. The number of para-hydroxylation sites is 3. The Kier molecular flexibility index (Phi) is 7.44. The van der Waals surface area contributed by atoms with Crippen molar-refractivity contribution >= 4 is 40.7 Å². The number of nitrogens with zero attached hydrogens (tertiary/aromatic N) is 2. The fourth-order valence-corrected chi connectivity index (χ4v) is 3.83. The van der Waals surface area contributed by atoms with E-state index in [0.29, 0.717) is 17.1 Å². The van der Waals surface area contributed by atoms with Crippen molar-refractivity contribution in [2.75, 3.05) is 28.7 Å². The van der Waals surface area contributed by atoms with Gasteiger partial charge in [0.15, 0.2) is 0 Å². The Morgan fingerprint density at radius 1 is 1.00 bits per heavy atom. The van der Waals surface area contributed by atoms with Crippen molar-refractivity contribution in [2.24, 2.45) is 0 Å². The van der Waals surface area contributed by atoms with Gasteiger partial charge in [0.2, 0.25) is 17.7 Å². The second-order valence-corrected chi connectivity index (χ2v) is 7.95. The fourth-order valence-electron chi connectivity index (χ4n) is 3.83. The number of carbonyl (C=O) groups excluding carboxylic acids is 4. The van der Waals surface area contributed by atoms with Crippen molar-refractivity contribution in [2.45, 2.75) is 38.9 Å². The van der Waals surface area contributed by atoms with Crippen LogP contribution in [-0.4, -0.2) is 55.3 Å². The molecular weight excluding hydrogens is 422 g/mol. The number of likely N-dealkylation sites (N-methyl/N-ethyl adjacent to an activating group) is 1. The fraction of sp³-hybridized carbons (Fsp3) is 0.333. The third kappa shape index (κ3) is 5.20. The molecule has 33 heavy (non-hydrogen) atoms. The molecule has 0 bridgehead atoms. The van der Waals surface area contributed by atoms with E-state index in [0.717, 1.165) is 0 Å². The molecule has 0 saturated heterocycles. The maximum absolute atomic E-state index is 13.7. The average molecular weight is 452 g/mol. The van der Waals surface area contributed by atoms with Gasteiger partial charge in [-0.2, -0.15) is 0 Å². The summed E-state index contributed by atoms with van der Waals surface area (Å²) in [5, 5.41) is 8.38. The standard InChI is InChI=1S/C24H29N5O4/c1-15(25-4)23(32)27-22-16(2)29(17(3)30)20-13-9-8-12-19(20)28(24(22)33)14-21(31)26-18-10-6-5-7-11-18/h5-13,15-16,22,25H,14H2,1-4H3,(H,26,31)(H,27,32)/t15?,16-,22-/m0/s1. The minimum absolute atomic E-state index is 0.278. The molecule has 9 heteroatoms. The molecule has 0 saturated carbocycles. The number of carbonyl (C=O) groups is 4. The van der Waals surface area contributed by atoms with Gasteiger partial charge >= 0.3 is 0 Å². The summed E-state index contributed by atoms with van der Waals surface area (Å²) in [7, 11) is 1.64. The summed E-state index contributed by atoms with van der Waals surface area (Å²) >= 11 is 0. The molecule has 0 radical (unpaired) electrons. The van der Waals surface area contributed by atoms with E-state index in [4.69, 9.17) is 0 Å². The molecule has 3 atom stereocenters. The first-order chi connectivity index (χ1) is 15.7. The number of amides is 4. The Balaban J connectivity index is 2.00. The predicted octanol–water partition coefficient (Wildman–Crippen LogP) is 1.51. The van der Waals surface area contributed by atoms with E-state index in [1.807, 2.05) is 6.07 Å². The SMILES string of the molecule is CNC(C)C(=O)N[C@@H]1C(=O)N(CC(=O)Nc2ccccc2)c2ccccc2N(C(C)=O)[C@H]1C. The zero-order chi connectivity index (χ0) is 24.1. The van der Waals surface area contributed by atoms with E-state index in [9.17, 15) is 19.2 Å². The molecule has 2 aromatic carbocycles. The van der Waals surface area contributed by atoms with Gasteiger partial charge in [0, 0.05) is 12.6 Å². The number of rotatable bonds is 6. The Bertz CT molecular complexity index is 1040. The number of anilines is 3. The number of benzene rings is 2. The van der Waals surface area contributed by atoms with Crippen LogP contribution in [0.15, 0.2) is 54.6 Å². The highest BCUT2D eigenvalue weighted by Crippen LogP contribution is 2.35. The normalized spacial score (nSPS) is 18.7. The first-order valence-electron chi connectivity index (χ1n) is 10.8. The zero-order valence-corrected chi connectivity index (χ0v) is 19.2. The molecule has 3 rings (SSSR count). The van der Waals surface area contributed by atoms with Crippen LogP contribution in [0.25, 0.3) is 0 Å². The topological polar surface area (TPSA) is 111 Å². The molecule has 0 spiro atoms. The lowest BCUT2D eigenvalue weighted by Crippen LogP contribution is -2.60. The summed E-state index contributed by atoms with van der Waals surface area (Å²) in [4.78, 5) is 54.6. The largest absolute Gasteiger partial charge is 0.341 e. The Labute approximate surface area is 193 Å². The van der Waals surface area contributed by atoms with Gasteiger partial charge in [-0.3, -0.25) is 24.1 Å². The molecule has 2 aromatic rings. The van der Waals surface area contributed by atoms with Crippen LogP contribution < -0.4 is 25.8 Å². The van der Waals surface area contributed by atoms with E-state index in [-0.39, 0.29) is 18.4 Å². The summed E-state index contributed by atoms with van der Waals surface area (Å²) < 4.78 is 0. The summed E-state index contributed by atoms with van der Waals surface area (Å²) in [5.41, 5.74) is 1.52. The van der Waals surface area contributed by atoms with Crippen LogP contribution in [0.1, 0.15) is 20.8 Å². The minimum atomic E-state index is -1.05. The van der Waals surface area contributed by atoms with Crippen LogP contribution in [0.2, 0.25) is 0 Å². The van der Waals surface area contributed by atoms with Crippen molar-refractivity contribution in [3.63, 3.8) is 0 Å². The Morgan fingerprint density at radius 2 is 1.61 bits per heavy atom. The maximum atomic E-state index is 13.7. The van der Waals surface area contributed by atoms with E-state index < -0.39 is 29.9 Å². The van der Waals surface area contributed by atoms with Crippen LogP contribution in [0.3, 0.4) is 0 Å². The van der Waals surface area contributed by atoms with Crippen LogP contribution in [0, 0.1) is 0 Å². The number of fused-ring (bicyclic) bond motifs is 1. The third-order valence-corrected chi connectivity index (χ3v) is 5.68. The zero-order valence-electron chi connectivity index (χ0n) is 19.2. The van der Waals surface area contributed by atoms with Gasteiger partial charge in [-0.1, -0.05) is 30.3 Å². The van der Waals surface area contributed by atoms with Gasteiger partial charge in [-0.05, 0) is 45.2 Å². The molecule has 0 aromatic heterocycles. The molecule has 0 fully saturated rings. The predicted molar refractivity (Wildman–Crippen MR) is 127 cm³/mol. The van der Waals surface area contributed by atoms with E-state index in [1.54, 1.807) is 69.4 Å². The highest BCUT2D eigenvalue weighted by Gasteiger charge is 2.42. The minimum Gasteiger partial charge on any atom is -0.341 e. The number of nitrogens with one attached hydrogen (secondary N) is 3. The Hall–Kier alpha value is -3.72. The van der Waals surface area contributed by atoms with Crippen molar-refractivity contribution in [1.82, 2.24) is 10.6 Å². The molecular formula is C24H29N5O4. The summed E-state index contributed by atoms with van der Waals surface area (Å²) in [6, 6.07) is 13.6. The molecule has 1 aliphatic heterocycles. The quantitative estimate of drug-likeness (QED) is 0.617. The van der Waals surface area contributed by atoms with Crippen LogP contribution in [0.5, 0.6) is 0 Å². The van der Waals surface area contributed by atoms with Gasteiger partial charge in [0.1, 0.15) is 12.6 Å². The average Bonchev–Trinajstić information content (AvgIpc) is 2.88. The lowest BCUT2D eigenvalue weighted by molar-refractivity contribution is -0.129. The summed E-state index contributed by atoms with van der Waals surface area (Å²) in [6.45, 7) is 4.50. The second kappa shape index (κ2) is 10.3. The first-order valence-corrected chi connectivity index (χ1v) is 10.8. The summed E-state index contributed by atoms with van der Waals surface area (Å²) in [5.74, 6) is -1.54. The monoisotopic (exact) mass is 451 g/mol. The van der Waals surface area contributed by atoms with Crippen LogP contribution in [-0.2, 0) is 19.2 Å². The third-order valence-electron chi connectivity index (χ3n) is 5.68. The highest BCUT2D eigenvalue weighted by atomic mass is 16.2. The molecule has 9 nitrogen and oxygen atoms in total. The van der Waals surface area contributed by atoms with Gasteiger partial charge in [-0.15, -0.1) is 0 Å². The van der Waals surface area contributed by atoms with Gasteiger partial charge in [-0.25, -0.2) is 0 Å². The van der Waals surface area contributed by atoms with Crippen LogP contribution in [0.4, 0.5) is 17.1 Å². The smallest absolute Gasteiger partial charge is 0.252 e. The Morgan fingerprint density at radius 3 is 2.21 bits per heavy atom. The van der Waals surface area contributed by atoms with E-state index in [2.05, 4.69) is 16.0 Å². The molecule has 0 aliphatic carbocycles. The summed E-state index contributed by atoms with van der Waals surface area (Å²) in [6.07, 6.45) is 0. The molecule has 174 valence electrons. The number of hydrogen-bond acceptors (Lipinski definition) is 5. The first kappa shape index (κ1) is 23.9. The van der Waals surface area contributed by atoms with Gasteiger partial charge < -0.3 is 20.9 Å². The van der Waals surface area contributed by atoms with Gasteiger partial charge in [0.05, 0.1) is 23.5 Å².